The van der Waals surface area contributed by atoms with Crippen molar-refractivity contribution >= 4 is 39.2 Å². The van der Waals surface area contributed by atoms with Crippen LogP contribution in [0.15, 0.2) is 54.2 Å². The minimum absolute atomic E-state index is 0.0710. The van der Waals surface area contributed by atoms with Gasteiger partial charge < -0.3 is 5.32 Å². The lowest BCUT2D eigenvalue weighted by Crippen LogP contribution is -2.09. The standard InChI is InChI=1S/C17H13N3OS2/c1-11-2-7-15(23-11)16(21)18-13-5-3-12(4-6-13)14-10-20-8-9-22-17(20)19-14/h2-10H,1H3,(H,18,21). The van der Waals surface area contributed by atoms with Gasteiger partial charge >= 0.3 is 0 Å². The van der Waals surface area contributed by atoms with Gasteiger partial charge in [-0.05, 0) is 31.2 Å². The zero-order chi connectivity index (χ0) is 15.8. The molecule has 0 radical (unpaired) electrons. The zero-order valence-electron chi connectivity index (χ0n) is 12.3. The Morgan fingerprint density at radius 1 is 1.17 bits per heavy atom. The molecule has 3 aromatic heterocycles. The van der Waals surface area contributed by atoms with E-state index in [9.17, 15) is 4.79 Å². The first kappa shape index (κ1) is 14.2. The first-order valence-corrected chi connectivity index (χ1v) is 8.79. The molecule has 0 saturated heterocycles. The Morgan fingerprint density at radius 3 is 2.70 bits per heavy atom. The zero-order valence-corrected chi connectivity index (χ0v) is 13.9. The van der Waals surface area contributed by atoms with E-state index in [0.29, 0.717) is 0 Å². The average Bonchev–Trinajstić information content (AvgIpc) is 3.23. The fourth-order valence-electron chi connectivity index (χ4n) is 2.34. The third kappa shape index (κ3) is 2.78. The topological polar surface area (TPSA) is 46.4 Å². The first-order chi connectivity index (χ1) is 11.2. The van der Waals surface area contributed by atoms with Crippen LogP contribution in [0.5, 0.6) is 0 Å². The van der Waals surface area contributed by atoms with Crippen LogP contribution < -0.4 is 5.32 Å². The fraction of sp³-hybridized carbons (Fsp3) is 0.0588. The fourth-order valence-corrected chi connectivity index (χ4v) is 3.80. The molecule has 0 aliphatic rings. The lowest BCUT2D eigenvalue weighted by molar-refractivity contribution is 0.103. The van der Waals surface area contributed by atoms with Crippen molar-refractivity contribution in [1.29, 1.82) is 0 Å². The van der Waals surface area contributed by atoms with Crippen molar-refractivity contribution in [2.75, 3.05) is 5.32 Å². The summed E-state index contributed by atoms with van der Waals surface area (Å²) in [5, 5.41) is 4.93. The van der Waals surface area contributed by atoms with Gasteiger partial charge in [-0.15, -0.1) is 22.7 Å². The summed E-state index contributed by atoms with van der Waals surface area (Å²) in [6.07, 6.45) is 4.00. The van der Waals surface area contributed by atoms with Crippen LogP contribution in [0.4, 0.5) is 5.69 Å². The minimum atomic E-state index is -0.0710. The number of amides is 1. The number of hydrogen-bond acceptors (Lipinski definition) is 4. The van der Waals surface area contributed by atoms with Gasteiger partial charge in [0.25, 0.3) is 5.91 Å². The molecule has 4 aromatic rings. The Morgan fingerprint density at radius 2 is 2.00 bits per heavy atom. The molecule has 0 unspecified atom stereocenters. The van der Waals surface area contributed by atoms with Crippen molar-refractivity contribution in [3.8, 4) is 11.3 Å². The van der Waals surface area contributed by atoms with Crippen LogP contribution in [-0.4, -0.2) is 15.3 Å². The number of imidazole rings is 1. The van der Waals surface area contributed by atoms with Gasteiger partial charge in [-0.1, -0.05) is 12.1 Å². The number of fused-ring (bicyclic) bond motifs is 1. The SMILES string of the molecule is Cc1ccc(C(=O)Nc2ccc(-c3cn4ccsc4n3)cc2)s1. The number of anilines is 1. The van der Waals surface area contributed by atoms with Crippen molar-refractivity contribution in [2.45, 2.75) is 6.92 Å². The van der Waals surface area contributed by atoms with Crippen LogP contribution in [0.3, 0.4) is 0 Å². The van der Waals surface area contributed by atoms with Crippen molar-refractivity contribution < 1.29 is 4.79 Å². The number of carbonyl (C=O) groups excluding carboxylic acids is 1. The Bertz CT molecular complexity index is 950. The third-order valence-electron chi connectivity index (χ3n) is 3.50. The predicted octanol–water partition coefficient (Wildman–Crippen LogP) is 4.69. The molecule has 0 spiro atoms. The van der Waals surface area contributed by atoms with Gasteiger partial charge in [-0.2, -0.15) is 0 Å². The first-order valence-electron chi connectivity index (χ1n) is 7.09. The number of rotatable bonds is 3. The number of carbonyl (C=O) groups is 1. The molecule has 1 aromatic carbocycles. The van der Waals surface area contributed by atoms with Crippen LogP contribution in [0.2, 0.25) is 0 Å². The highest BCUT2D eigenvalue weighted by atomic mass is 32.1. The summed E-state index contributed by atoms with van der Waals surface area (Å²) in [5.74, 6) is -0.0710. The highest BCUT2D eigenvalue weighted by Crippen LogP contribution is 2.23. The molecule has 4 rings (SSSR count). The van der Waals surface area contributed by atoms with Crippen molar-refractivity contribution in [1.82, 2.24) is 9.38 Å². The van der Waals surface area contributed by atoms with E-state index in [1.807, 2.05) is 65.5 Å². The van der Waals surface area contributed by atoms with Crippen molar-refractivity contribution in [3.63, 3.8) is 0 Å². The van der Waals surface area contributed by atoms with E-state index in [1.54, 1.807) is 11.3 Å². The van der Waals surface area contributed by atoms with Gasteiger partial charge in [0.15, 0.2) is 4.96 Å². The number of nitrogens with one attached hydrogen (secondary N) is 1. The van der Waals surface area contributed by atoms with Gasteiger partial charge in [-0.25, -0.2) is 4.98 Å². The molecule has 6 heteroatoms. The highest BCUT2D eigenvalue weighted by Gasteiger charge is 2.09. The third-order valence-corrected chi connectivity index (χ3v) is 5.27. The van der Waals surface area contributed by atoms with E-state index >= 15 is 0 Å². The maximum Gasteiger partial charge on any atom is 0.265 e. The second-order valence-corrected chi connectivity index (χ2v) is 7.32. The van der Waals surface area contributed by atoms with Crippen LogP contribution in [-0.2, 0) is 0 Å². The second-order valence-electron chi connectivity index (χ2n) is 5.16. The molecular weight excluding hydrogens is 326 g/mol. The molecule has 1 amide bonds. The molecule has 23 heavy (non-hydrogen) atoms. The molecule has 4 nitrogen and oxygen atoms in total. The van der Waals surface area contributed by atoms with Gasteiger partial charge in [-0.3, -0.25) is 9.20 Å². The number of thiophene rings is 1. The maximum atomic E-state index is 12.2. The highest BCUT2D eigenvalue weighted by molar-refractivity contribution is 7.15. The van der Waals surface area contributed by atoms with E-state index in [2.05, 4.69) is 10.3 Å². The number of nitrogens with zero attached hydrogens (tertiary/aromatic N) is 2. The number of benzene rings is 1. The summed E-state index contributed by atoms with van der Waals surface area (Å²) in [7, 11) is 0. The Balaban J connectivity index is 1.53. The number of aryl methyl sites for hydroxylation is 1. The van der Waals surface area contributed by atoms with Gasteiger partial charge in [0, 0.05) is 33.9 Å². The van der Waals surface area contributed by atoms with Gasteiger partial charge in [0.05, 0.1) is 10.6 Å². The average molecular weight is 339 g/mol. The molecule has 0 bridgehead atoms. The summed E-state index contributed by atoms with van der Waals surface area (Å²) in [4.78, 5) is 19.6. The lowest BCUT2D eigenvalue weighted by atomic mass is 10.1. The van der Waals surface area contributed by atoms with E-state index in [0.717, 1.165) is 31.7 Å². The summed E-state index contributed by atoms with van der Waals surface area (Å²) < 4.78 is 2.01. The van der Waals surface area contributed by atoms with Crippen molar-refractivity contribution in [2.24, 2.45) is 0 Å². The minimum Gasteiger partial charge on any atom is -0.321 e. The number of thiazole rings is 1. The van der Waals surface area contributed by atoms with Crippen LogP contribution in [0.25, 0.3) is 16.2 Å². The maximum absolute atomic E-state index is 12.2. The molecule has 0 aliphatic heterocycles. The molecule has 0 aliphatic carbocycles. The van der Waals surface area contributed by atoms with Gasteiger partial charge in [0.2, 0.25) is 0 Å². The molecule has 0 saturated carbocycles. The Hall–Kier alpha value is -2.44. The van der Waals surface area contributed by atoms with Crippen LogP contribution in [0, 0.1) is 6.92 Å². The van der Waals surface area contributed by atoms with Gasteiger partial charge in [0.1, 0.15) is 0 Å². The van der Waals surface area contributed by atoms with Crippen molar-refractivity contribution in [3.05, 3.63) is 63.9 Å². The molecule has 3 heterocycles. The summed E-state index contributed by atoms with van der Waals surface area (Å²) in [6.45, 7) is 1.99. The van der Waals surface area contributed by atoms with E-state index in [-0.39, 0.29) is 5.91 Å². The molecule has 1 N–H and O–H groups in total. The monoisotopic (exact) mass is 339 g/mol. The second kappa shape index (κ2) is 5.64. The van der Waals surface area contributed by atoms with E-state index in [4.69, 9.17) is 0 Å². The Labute approximate surface area is 141 Å². The number of aromatic nitrogens is 2. The lowest BCUT2D eigenvalue weighted by Gasteiger charge is -2.04. The Kier molecular flexibility index (Phi) is 3.48. The molecular formula is C17H13N3OS2. The number of hydrogen-bond donors (Lipinski definition) is 1. The molecule has 114 valence electrons. The largest absolute Gasteiger partial charge is 0.321 e. The predicted molar refractivity (Wildman–Crippen MR) is 95.5 cm³/mol. The van der Waals surface area contributed by atoms with Crippen LogP contribution >= 0.6 is 22.7 Å². The molecule has 0 atom stereocenters. The molecule has 0 fully saturated rings. The summed E-state index contributed by atoms with van der Waals surface area (Å²) >= 11 is 3.10. The van der Waals surface area contributed by atoms with Crippen LogP contribution in [0.1, 0.15) is 14.5 Å². The smallest absolute Gasteiger partial charge is 0.265 e. The summed E-state index contributed by atoms with van der Waals surface area (Å²) in [6, 6.07) is 11.6. The normalized spacial score (nSPS) is 11.0. The van der Waals surface area contributed by atoms with E-state index < -0.39 is 0 Å². The van der Waals surface area contributed by atoms with E-state index in [1.165, 1.54) is 11.3 Å². The quantitative estimate of drug-likeness (QED) is 0.589. The summed E-state index contributed by atoms with van der Waals surface area (Å²) in [5.41, 5.74) is 2.75.